The summed E-state index contributed by atoms with van der Waals surface area (Å²) >= 11 is 0. The predicted octanol–water partition coefficient (Wildman–Crippen LogP) is 0.734. The molecule has 1 aromatic carbocycles. The lowest BCUT2D eigenvalue weighted by atomic mass is 9.93. The number of halogens is 3. The molecule has 0 amide bonds. The molecule has 104 valence electrons. The number of aliphatic carboxylic acids is 1. The monoisotopic (exact) mass is 283 g/mol. The van der Waals surface area contributed by atoms with Crippen LogP contribution in [0.15, 0.2) is 29.4 Å². The van der Waals surface area contributed by atoms with Crippen LogP contribution in [-0.2, 0) is 9.63 Å². The van der Waals surface area contributed by atoms with Gasteiger partial charge in [0.2, 0.25) is 0 Å². The van der Waals surface area contributed by atoms with Crippen LogP contribution in [-0.4, -0.2) is 23.5 Å². The van der Waals surface area contributed by atoms with Crippen molar-refractivity contribution in [2.75, 3.05) is 0 Å². The Labute approximate surface area is 110 Å². The Kier molecular flexibility index (Phi) is 3.13. The maximum atomic E-state index is 12.8. The average Bonchev–Trinajstić information content (AvgIpc) is 2.85. The van der Waals surface area contributed by atoms with Crippen molar-refractivity contribution < 1.29 is 27.9 Å². The number of carboxylic acid groups (broad SMARTS) is 1. The third kappa shape index (κ3) is 2.07. The van der Waals surface area contributed by atoms with Crippen molar-refractivity contribution in [3.63, 3.8) is 0 Å². The molecule has 2 rings (SSSR count). The molecule has 0 N–H and O–H groups in total. The van der Waals surface area contributed by atoms with E-state index in [4.69, 9.17) is 5.26 Å². The van der Waals surface area contributed by atoms with Crippen LogP contribution in [0.5, 0.6) is 0 Å². The van der Waals surface area contributed by atoms with Crippen LogP contribution in [0.2, 0.25) is 0 Å². The zero-order valence-corrected chi connectivity index (χ0v) is 9.77. The van der Waals surface area contributed by atoms with Crippen LogP contribution in [0.25, 0.3) is 0 Å². The number of carboxylic acids is 1. The van der Waals surface area contributed by atoms with Crippen LogP contribution in [0.3, 0.4) is 0 Å². The number of hydrogen-bond donors (Lipinski definition) is 0. The van der Waals surface area contributed by atoms with Crippen molar-refractivity contribution in [2.24, 2.45) is 5.16 Å². The third-order valence-electron chi connectivity index (χ3n) is 2.84. The fourth-order valence-electron chi connectivity index (χ4n) is 1.73. The van der Waals surface area contributed by atoms with Crippen molar-refractivity contribution >= 4 is 11.7 Å². The van der Waals surface area contributed by atoms with Gasteiger partial charge in [-0.1, -0.05) is 17.3 Å². The smallest absolute Gasteiger partial charge is 0.437 e. The van der Waals surface area contributed by atoms with E-state index in [1.54, 1.807) is 0 Å². The van der Waals surface area contributed by atoms with Gasteiger partial charge in [0, 0.05) is 5.56 Å². The molecular formula is C12H6F3N2O3-. The van der Waals surface area contributed by atoms with Crippen molar-refractivity contribution in [3.8, 4) is 6.07 Å². The van der Waals surface area contributed by atoms with Gasteiger partial charge in [0.15, 0.2) is 0 Å². The van der Waals surface area contributed by atoms with Crippen LogP contribution >= 0.6 is 0 Å². The molecule has 1 aromatic rings. The number of carbonyl (C=O) groups excluding carboxylic acids is 1. The molecule has 5 nitrogen and oxygen atoms in total. The van der Waals surface area contributed by atoms with Gasteiger partial charge in [-0.2, -0.15) is 18.4 Å². The quantitative estimate of drug-likeness (QED) is 0.800. The molecule has 1 heterocycles. The van der Waals surface area contributed by atoms with Gasteiger partial charge in [-0.05, 0) is 12.1 Å². The maximum Gasteiger partial charge on any atom is 0.437 e. The summed E-state index contributed by atoms with van der Waals surface area (Å²) < 4.78 is 38.5. The van der Waals surface area contributed by atoms with Gasteiger partial charge in [-0.25, -0.2) is 0 Å². The SMILES string of the molecule is N#Cc1cccc(C2=NOC(C(=O)[O-])(C(F)(F)F)C2)c1. The van der Waals surface area contributed by atoms with Gasteiger partial charge in [0.25, 0.3) is 5.60 Å². The van der Waals surface area contributed by atoms with E-state index >= 15 is 0 Å². The highest BCUT2D eigenvalue weighted by molar-refractivity contribution is 6.04. The molecule has 0 spiro atoms. The number of oxime groups is 1. The van der Waals surface area contributed by atoms with E-state index in [9.17, 15) is 23.1 Å². The topological polar surface area (TPSA) is 85.5 Å². The molecule has 1 aliphatic rings. The van der Waals surface area contributed by atoms with Crippen LogP contribution in [0, 0.1) is 11.3 Å². The molecule has 0 saturated carbocycles. The van der Waals surface area contributed by atoms with Gasteiger partial charge >= 0.3 is 6.18 Å². The Hall–Kier alpha value is -2.56. The Balaban J connectivity index is 2.36. The second-order valence-electron chi connectivity index (χ2n) is 4.11. The first-order valence-corrected chi connectivity index (χ1v) is 5.34. The summed E-state index contributed by atoms with van der Waals surface area (Å²) in [5.74, 6) is -2.40. The second-order valence-corrected chi connectivity index (χ2v) is 4.11. The van der Waals surface area contributed by atoms with Crippen LogP contribution in [0.4, 0.5) is 13.2 Å². The number of rotatable bonds is 2. The standard InChI is InChI=1S/C12H7F3N2O3/c13-12(14,15)11(10(18)19)5-9(17-20-11)8-3-1-2-7(4-8)6-16/h1-4H,5H2,(H,18,19)/p-1. The fraction of sp³-hybridized carbons (Fsp3) is 0.250. The second kappa shape index (κ2) is 4.52. The van der Waals surface area contributed by atoms with Gasteiger partial charge in [0.05, 0.1) is 29.7 Å². The first kappa shape index (κ1) is 13.9. The lowest BCUT2D eigenvalue weighted by Crippen LogP contribution is -2.58. The normalized spacial score (nSPS) is 21.8. The van der Waals surface area contributed by atoms with Gasteiger partial charge in [-0.15, -0.1) is 0 Å². The van der Waals surface area contributed by atoms with E-state index in [0.717, 1.165) is 0 Å². The van der Waals surface area contributed by atoms with Crippen molar-refractivity contribution in [3.05, 3.63) is 35.4 Å². The van der Waals surface area contributed by atoms with Gasteiger partial charge < -0.3 is 14.7 Å². The number of benzene rings is 1. The van der Waals surface area contributed by atoms with E-state index in [2.05, 4.69) is 9.99 Å². The van der Waals surface area contributed by atoms with E-state index in [0.29, 0.717) is 0 Å². The summed E-state index contributed by atoms with van der Waals surface area (Å²) in [6.45, 7) is 0. The van der Waals surface area contributed by atoms with Crippen molar-refractivity contribution in [2.45, 2.75) is 18.2 Å². The summed E-state index contributed by atoms with van der Waals surface area (Å²) in [4.78, 5) is 14.9. The maximum absolute atomic E-state index is 12.8. The fourth-order valence-corrected chi connectivity index (χ4v) is 1.73. The molecule has 0 fully saturated rings. The molecule has 0 saturated heterocycles. The highest BCUT2D eigenvalue weighted by Crippen LogP contribution is 2.40. The highest BCUT2D eigenvalue weighted by Gasteiger charge is 2.62. The molecule has 20 heavy (non-hydrogen) atoms. The summed E-state index contributed by atoms with van der Waals surface area (Å²) in [7, 11) is 0. The lowest BCUT2D eigenvalue weighted by molar-refractivity contribution is -0.356. The first-order chi connectivity index (χ1) is 9.30. The zero-order chi connectivity index (χ0) is 15.0. The third-order valence-corrected chi connectivity index (χ3v) is 2.84. The average molecular weight is 283 g/mol. The van der Waals surface area contributed by atoms with E-state index in [-0.39, 0.29) is 16.8 Å². The minimum atomic E-state index is -5.16. The van der Waals surface area contributed by atoms with Crippen molar-refractivity contribution in [1.29, 1.82) is 5.26 Å². The van der Waals surface area contributed by atoms with E-state index in [1.165, 1.54) is 24.3 Å². The zero-order valence-electron chi connectivity index (χ0n) is 9.77. The molecule has 1 atom stereocenters. The Bertz CT molecular complexity index is 634. The molecule has 0 bridgehead atoms. The Morgan fingerprint density at radius 3 is 2.70 bits per heavy atom. The minimum absolute atomic E-state index is 0.191. The van der Waals surface area contributed by atoms with Crippen molar-refractivity contribution in [1.82, 2.24) is 0 Å². The number of carbonyl (C=O) groups is 1. The Morgan fingerprint density at radius 2 is 2.20 bits per heavy atom. The lowest BCUT2D eigenvalue weighted by Gasteiger charge is -2.29. The molecule has 0 radical (unpaired) electrons. The number of nitriles is 1. The number of hydrogen-bond acceptors (Lipinski definition) is 5. The largest absolute Gasteiger partial charge is 0.545 e. The molecular weight excluding hydrogens is 277 g/mol. The summed E-state index contributed by atoms with van der Waals surface area (Å²) in [5, 5.41) is 22.7. The first-order valence-electron chi connectivity index (χ1n) is 5.34. The molecule has 0 aliphatic carbocycles. The summed E-state index contributed by atoms with van der Waals surface area (Å²) in [6.07, 6.45) is -6.17. The van der Waals surface area contributed by atoms with Gasteiger partial charge in [0.1, 0.15) is 0 Å². The van der Waals surface area contributed by atoms with Crippen LogP contribution < -0.4 is 5.11 Å². The predicted molar refractivity (Wildman–Crippen MR) is 57.2 cm³/mol. The Morgan fingerprint density at radius 1 is 1.50 bits per heavy atom. The minimum Gasteiger partial charge on any atom is -0.545 e. The summed E-state index contributed by atoms with van der Waals surface area (Å²) in [6, 6.07) is 7.42. The number of nitrogens with zero attached hydrogens (tertiary/aromatic N) is 2. The van der Waals surface area contributed by atoms with E-state index in [1.807, 2.05) is 6.07 Å². The highest BCUT2D eigenvalue weighted by atomic mass is 19.4. The molecule has 1 aliphatic heterocycles. The molecule has 0 aromatic heterocycles. The molecule has 1 unspecified atom stereocenters. The molecule has 8 heteroatoms. The van der Waals surface area contributed by atoms with Crippen LogP contribution in [0.1, 0.15) is 17.5 Å². The van der Waals surface area contributed by atoms with E-state index < -0.39 is 24.2 Å². The summed E-state index contributed by atoms with van der Waals surface area (Å²) in [5.41, 5.74) is -3.28. The van der Waals surface area contributed by atoms with Gasteiger partial charge in [-0.3, -0.25) is 0 Å². The number of alkyl halides is 3.